The molecule has 1 saturated heterocycles. The highest BCUT2D eigenvalue weighted by atomic mass is 19.1. The van der Waals surface area contributed by atoms with E-state index in [9.17, 15) is 9.18 Å². The Hall–Kier alpha value is -1.88. The highest BCUT2D eigenvalue weighted by molar-refractivity contribution is 5.83. The van der Waals surface area contributed by atoms with Crippen molar-refractivity contribution >= 4 is 16.8 Å². The van der Waals surface area contributed by atoms with Crippen LogP contribution in [0.25, 0.3) is 10.9 Å². The molecular weight excluding hydrogens is 257 g/mol. The van der Waals surface area contributed by atoms with Gasteiger partial charge in [0.25, 0.3) is 0 Å². The van der Waals surface area contributed by atoms with E-state index in [2.05, 4.69) is 11.9 Å². The lowest BCUT2D eigenvalue weighted by Gasteiger charge is -2.32. The zero-order chi connectivity index (χ0) is 14.1. The maximum absolute atomic E-state index is 13.3. The van der Waals surface area contributed by atoms with Crippen molar-refractivity contribution in [3.05, 3.63) is 36.3 Å². The second-order valence-corrected chi connectivity index (χ2v) is 5.33. The molecule has 5 heteroatoms. The fraction of sp³-hybridized carbons (Fsp3) is 0.400. The maximum Gasteiger partial charge on any atom is 0.242 e. The number of carbonyl (C=O) groups is 1. The van der Waals surface area contributed by atoms with Crippen LogP contribution in [0.3, 0.4) is 0 Å². The minimum Gasteiger partial charge on any atom is -0.339 e. The molecular formula is C15H18FN3O. The Kier molecular flexibility index (Phi) is 3.44. The average molecular weight is 275 g/mol. The smallest absolute Gasteiger partial charge is 0.242 e. The van der Waals surface area contributed by atoms with Crippen molar-refractivity contribution in [2.24, 2.45) is 0 Å². The Morgan fingerprint density at radius 1 is 1.20 bits per heavy atom. The van der Waals surface area contributed by atoms with Crippen LogP contribution in [0.15, 0.2) is 30.5 Å². The van der Waals surface area contributed by atoms with Crippen LogP contribution < -0.4 is 0 Å². The number of aromatic nitrogens is 1. The van der Waals surface area contributed by atoms with Crippen molar-refractivity contribution in [3.63, 3.8) is 0 Å². The third kappa shape index (κ3) is 2.54. The van der Waals surface area contributed by atoms with Gasteiger partial charge in [-0.1, -0.05) is 0 Å². The third-order valence-electron chi connectivity index (χ3n) is 3.90. The minimum atomic E-state index is -0.274. The van der Waals surface area contributed by atoms with Crippen molar-refractivity contribution in [1.82, 2.24) is 14.4 Å². The van der Waals surface area contributed by atoms with Crippen molar-refractivity contribution < 1.29 is 9.18 Å². The largest absolute Gasteiger partial charge is 0.339 e. The van der Waals surface area contributed by atoms with E-state index in [1.165, 1.54) is 12.1 Å². The lowest BCUT2D eigenvalue weighted by Crippen LogP contribution is -2.48. The summed E-state index contributed by atoms with van der Waals surface area (Å²) in [6, 6.07) is 6.56. The summed E-state index contributed by atoms with van der Waals surface area (Å²) in [5, 5.41) is 0.956. The van der Waals surface area contributed by atoms with E-state index in [0.717, 1.165) is 37.1 Å². The normalized spacial score (nSPS) is 16.8. The topological polar surface area (TPSA) is 28.5 Å². The monoisotopic (exact) mass is 275 g/mol. The Bertz CT molecular complexity index is 629. The molecule has 0 saturated carbocycles. The molecule has 0 atom stereocenters. The van der Waals surface area contributed by atoms with Crippen LogP contribution in [0.2, 0.25) is 0 Å². The number of hydrogen-bond acceptors (Lipinski definition) is 2. The summed E-state index contributed by atoms with van der Waals surface area (Å²) in [5.41, 5.74) is 0.771. The molecule has 1 fully saturated rings. The van der Waals surface area contributed by atoms with Gasteiger partial charge in [0.05, 0.1) is 5.52 Å². The minimum absolute atomic E-state index is 0.0971. The van der Waals surface area contributed by atoms with Crippen LogP contribution in [-0.2, 0) is 11.3 Å². The van der Waals surface area contributed by atoms with Crippen LogP contribution in [-0.4, -0.2) is 53.5 Å². The standard InChI is InChI=1S/C15H18FN3O/c1-17-6-8-18(9-7-17)15(20)11-19-5-4-12-2-3-13(16)10-14(12)19/h2-5,10H,6-9,11H2,1H3. The van der Waals surface area contributed by atoms with Gasteiger partial charge in [-0.05, 0) is 36.7 Å². The summed E-state index contributed by atoms with van der Waals surface area (Å²) >= 11 is 0. The first-order valence-corrected chi connectivity index (χ1v) is 6.84. The zero-order valence-corrected chi connectivity index (χ0v) is 11.6. The van der Waals surface area contributed by atoms with Crippen molar-refractivity contribution in [3.8, 4) is 0 Å². The Balaban J connectivity index is 1.76. The summed E-state index contributed by atoms with van der Waals surface area (Å²) in [6.07, 6.45) is 1.85. The van der Waals surface area contributed by atoms with Gasteiger partial charge >= 0.3 is 0 Å². The first-order valence-electron chi connectivity index (χ1n) is 6.84. The molecule has 0 aliphatic carbocycles. The quantitative estimate of drug-likeness (QED) is 0.832. The molecule has 0 N–H and O–H groups in total. The Morgan fingerprint density at radius 2 is 1.95 bits per heavy atom. The van der Waals surface area contributed by atoms with Gasteiger partial charge in [0, 0.05) is 32.4 Å². The summed E-state index contributed by atoms with van der Waals surface area (Å²) in [5.74, 6) is -0.177. The molecule has 2 aromatic rings. The molecule has 1 aromatic carbocycles. The van der Waals surface area contributed by atoms with Gasteiger partial charge in [-0.15, -0.1) is 0 Å². The van der Waals surface area contributed by atoms with E-state index in [4.69, 9.17) is 0 Å². The van der Waals surface area contributed by atoms with Gasteiger partial charge in [0.1, 0.15) is 12.4 Å². The van der Waals surface area contributed by atoms with E-state index in [0.29, 0.717) is 0 Å². The number of benzene rings is 1. The molecule has 0 radical (unpaired) electrons. The highest BCUT2D eigenvalue weighted by Gasteiger charge is 2.19. The number of amides is 1. The summed E-state index contributed by atoms with van der Waals surface area (Å²) in [4.78, 5) is 16.4. The molecule has 0 spiro atoms. The third-order valence-corrected chi connectivity index (χ3v) is 3.90. The van der Waals surface area contributed by atoms with Crippen LogP contribution in [0.4, 0.5) is 4.39 Å². The average Bonchev–Trinajstić information content (AvgIpc) is 2.82. The molecule has 1 aliphatic rings. The predicted octanol–water partition coefficient (Wildman–Crippen LogP) is 1.55. The van der Waals surface area contributed by atoms with Crippen LogP contribution in [0.5, 0.6) is 0 Å². The number of rotatable bonds is 2. The van der Waals surface area contributed by atoms with E-state index >= 15 is 0 Å². The SMILES string of the molecule is CN1CCN(C(=O)Cn2ccc3ccc(F)cc32)CC1. The lowest BCUT2D eigenvalue weighted by molar-refractivity contribution is -0.133. The highest BCUT2D eigenvalue weighted by Crippen LogP contribution is 2.17. The molecule has 1 aromatic heterocycles. The number of hydrogen-bond donors (Lipinski definition) is 0. The molecule has 1 amide bonds. The van der Waals surface area contributed by atoms with Gasteiger partial charge in [-0.3, -0.25) is 4.79 Å². The molecule has 4 nitrogen and oxygen atoms in total. The van der Waals surface area contributed by atoms with E-state index in [1.807, 2.05) is 21.7 Å². The van der Waals surface area contributed by atoms with E-state index < -0.39 is 0 Å². The van der Waals surface area contributed by atoms with Gasteiger partial charge in [-0.25, -0.2) is 4.39 Å². The molecule has 0 bridgehead atoms. The Morgan fingerprint density at radius 3 is 2.70 bits per heavy atom. The maximum atomic E-state index is 13.3. The van der Waals surface area contributed by atoms with E-state index in [1.54, 1.807) is 6.07 Å². The fourth-order valence-corrected chi connectivity index (χ4v) is 2.60. The molecule has 20 heavy (non-hydrogen) atoms. The number of carbonyl (C=O) groups excluding carboxylic acids is 1. The number of nitrogens with zero attached hydrogens (tertiary/aromatic N) is 3. The summed E-state index contributed by atoms with van der Waals surface area (Å²) in [6.45, 7) is 3.63. The van der Waals surface area contributed by atoms with Gasteiger partial charge in [-0.2, -0.15) is 0 Å². The van der Waals surface area contributed by atoms with Crippen molar-refractivity contribution in [1.29, 1.82) is 0 Å². The van der Waals surface area contributed by atoms with Crippen LogP contribution in [0, 0.1) is 5.82 Å². The first kappa shape index (κ1) is 13.1. The Labute approximate surface area is 117 Å². The van der Waals surface area contributed by atoms with Gasteiger partial charge in [0.15, 0.2) is 0 Å². The molecule has 2 heterocycles. The number of fused-ring (bicyclic) bond motifs is 1. The number of likely N-dealkylation sites (N-methyl/N-ethyl adjacent to an activating group) is 1. The van der Waals surface area contributed by atoms with E-state index in [-0.39, 0.29) is 18.3 Å². The zero-order valence-electron chi connectivity index (χ0n) is 11.6. The molecule has 106 valence electrons. The molecule has 0 unspecified atom stereocenters. The fourth-order valence-electron chi connectivity index (χ4n) is 2.60. The lowest BCUT2D eigenvalue weighted by atomic mass is 10.2. The first-order chi connectivity index (χ1) is 9.63. The molecule has 3 rings (SSSR count). The second-order valence-electron chi connectivity index (χ2n) is 5.33. The van der Waals surface area contributed by atoms with Crippen molar-refractivity contribution in [2.75, 3.05) is 33.2 Å². The van der Waals surface area contributed by atoms with Crippen LogP contribution >= 0.6 is 0 Å². The summed E-state index contributed by atoms with van der Waals surface area (Å²) < 4.78 is 15.1. The van der Waals surface area contributed by atoms with Gasteiger partial charge in [0.2, 0.25) is 5.91 Å². The number of halogens is 1. The van der Waals surface area contributed by atoms with Crippen molar-refractivity contribution in [2.45, 2.75) is 6.54 Å². The van der Waals surface area contributed by atoms with Gasteiger partial charge < -0.3 is 14.4 Å². The second kappa shape index (κ2) is 5.25. The predicted molar refractivity (Wildman–Crippen MR) is 76.0 cm³/mol. The van der Waals surface area contributed by atoms with Crippen LogP contribution in [0.1, 0.15) is 0 Å². The molecule has 1 aliphatic heterocycles. The number of piperazine rings is 1. The summed E-state index contributed by atoms with van der Waals surface area (Å²) in [7, 11) is 2.06.